The van der Waals surface area contributed by atoms with E-state index in [-0.39, 0.29) is 5.56 Å². The topological polar surface area (TPSA) is 86.7 Å². The van der Waals surface area contributed by atoms with Crippen LogP contribution in [0.3, 0.4) is 0 Å². The van der Waals surface area contributed by atoms with E-state index in [9.17, 15) is 15.3 Å². The van der Waals surface area contributed by atoms with E-state index in [4.69, 9.17) is 5.73 Å². The average Bonchev–Trinajstić information content (AvgIpc) is 2.26. The molecule has 0 bridgehead atoms. The van der Waals surface area contributed by atoms with Gasteiger partial charge in [-0.15, -0.1) is 0 Å². The molecule has 0 atom stereocenters. The lowest BCUT2D eigenvalue weighted by molar-refractivity contribution is -0.324. The summed E-state index contributed by atoms with van der Waals surface area (Å²) in [5, 5.41) is 28.2. The molecule has 0 amide bonds. The highest BCUT2D eigenvalue weighted by molar-refractivity contribution is 5.60. The Morgan fingerprint density at radius 2 is 1.53 bits per heavy atom. The fraction of sp³-hybridized carbons (Fsp3) is 0.538. The summed E-state index contributed by atoms with van der Waals surface area (Å²) in [7, 11) is 0. The Kier molecular flexibility index (Phi) is 4.14. The Morgan fingerprint density at radius 3 is 1.88 bits per heavy atom. The van der Waals surface area contributed by atoms with Crippen molar-refractivity contribution in [3.63, 3.8) is 0 Å². The zero-order valence-electron chi connectivity index (χ0n) is 10.6. The van der Waals surface area contributed by atoms with Crippen molar-refractivity contribution < 1.29 is 15.3 Å². The fourth-order valence-electron chi connectivity index (χ4n) is 2.26. The van der Waals surface area contributed by atoms with Crippen LogP contribution in [0.25, 0.3) is 0 Å². The molecule has 0 aliphatic rings. The Labute approximate surface area is 102 Å². The maximum atomic E-state index is 9.40. The third-order valence-corrected chi connectivity index (χ3v) is 3.13. The minimum Gasteiger partial charge on any atom is -0.398 e. The van der Waals surface area contributed by atoms with Gasteiger partial charge in [-0.1, -0.05) is 20.8 Å². The second-order valence-electron chi connectivity index (χ2n) is 4.15. The lowest BCUT2D eigenvalue weighted by Gasteiger charge is -2.23. The standard InChI is InChI=1S/C13H21NO3/c1-4-8-7-11(13(15,16)17)9(5-2)10(6-3)12(8)14/h7,15-17H,4-6,14H2,1-3H3. The van der Waals surface area contributed by atoms with Crippen LogP contribution in [0.2, 0.25) is 0 Å². The van der Waals surface area contributed by atoms with Crippen LogP contribution in [0, 0.1) is 0 Å². The molecule has 4 heteroatoms. The van der Waals surface area contributed by atoms with Crippen LogP contribution < -0.4 is 5.73 Å². The number of hydrogen-bond donors (Lipinski definition) is 4. The maximum Gasteiger partial charge on any atom is 0.304 e. The summed E-state index contributed by atoms with van der Waals surface area (Å²) in [4.78, 5) is 0. The van der Waals surface area contributed by atoms with E-state index in [0.29, 0.717) is 24.9 Å². The normalized spacial score (nSPS) is 11.9. The predicted molar refractivity (Wildman–Crippen MR) is 67.3 cm³/mol. The molecule has 17 heavy (non-hydrogen) atoms. The van der Waals surface area contributed by atoms with E-state index in [1.165, 1.54) is 0 Å². The van der Waals surface area contributed by atoms with Crippen LogP contribution in [0.4, 0.5) is 5.69 Å². The van der Waals surface area contributed by atoms with Crippen molar-refractivity contribution in [3.05, 3.63) is 28.3 Å². The molecule has 96 valence electrons. The molecule has 4 nitrogen and oxygen atoms in total. The summed E-state index contributed by atoms with van der Waals surface area (Å²) in [6.07, 6.45) is 1.98. The Balaban J connectivity index is 3.59. The van der Waals surface area contributed by atoms with Gasteiger partial charge >= 0.3 is 5.97 Å². The number of benzene rings is 1. The first-order valence-electron chi connectivity index (χ1n) is 5.97. The van der Waals surface area contributed by atoms with Crippen molar-refractivity contribution in [2.24, 2.45) is 0 Å². The quantitative estimate of drug-likeness (QED) is 0.467. The van der Waals surface area contributed by atoms with Crippen molar-refractivity contribution in [2.75, 3.05) is 5.73 Å². The zero-order chi connectivity index (χ0) is 13.2. The minimum atomic E-state index is -2.80. The molecule has 1 aromatic carbocycles. The Bertz CT molecular complexity index is 408. The van der Waals surface area contributed by atoms with Gasteiger partial charge in [-0.05, 0) is 42.0 Å². The number of hydrogen-bond acceptors (Lipinski definition) is 4. The van der Waals surface area contributed by atoms with Crippen LogP contribution in [0.1, 0.15) is 43.0 Å². The molecule has 0 aromatic heterocycles. The first-order valence-corrected chi connectivity index (χ1v) is 5.97. The van der Waals surface area contributed by atoms with Gasteiger partial charge in [0.1, 0.15) is 0 Å². The van der Waals surface area contributed by atoms with E-state index in [2.05, 4.69) is 0 Å². The SMILES string of the molecule is CCc1cc(C(O)(O)O)c(CC)c(CC)c1N. The number of rotatable bonds is 4. The van der Waals surface area contributed by atoms with E-state index in [1.807, 2.05) is 20.8 Å². The molecular formula is C13H21NO3. The predicted octanol–water partition coefficient (Wildman–Crippen LogP) is 1.04. The molecule has 0 radical (unpaired) electrons. The van der Waals surface area contributed by atoms with Crippen molar-refractivity contribution in [2.45, 2.75) is 46.0 Å². The smallest absolute Gasteiger partial charge is 0.304 e. The number of aliphatic hydroxyl groups is 3. The minimum absolute atomic E-state index is 0.142. The first-order chi connectivity index (χ1) is 7.86. The highest BCUT2D eigenvalue weighted by Gasteiger charge is 2.28. The van der Waals surface area contributed by atoms with Crippen molar-refractivity contribution in [3.8, 4) is 0 Å². The van der Waals surface area contributed by atoms with Gasteiger partial charge in [0.2, 0.25) is 0 Å². The zero-order valence-corrected chi connectivity index (χ0v) is 10.6. The van der Waals surface area contributed by atoms with Gasteiger partial charge in [0.05, 0.1) is 0 Å². The third-order valence-electron chi connectivity index (χ3n) is 3.13. The number of nitrogen functional groups attached to an aromatic ring is 1. The molecule has 0 unspecified atom stereocenters. The van der Waals surface area contributed by atoms with Gasteiger partial charge < -0.3 is 21.1 Å². The summed E-state index contributed by atoms with van der Waals surface area (Å²) in [5.41, 5.74) is 9.32. The number of anilines is 1. The Hall–Kier alpha value is -1.10. The summed E-state index contributed by atoms with van der Waals surface area (Å²) < 4.78 is 0. The van der Waals surface area contributed by atoms with Gasteiger partial charge in [-0.2, -0.15) is 0 Å². The summed E-state index contributed by atoms with van der Waals surface area (Å²) in [6.45, 7) is 5.80. The molecule has 0 heterocycles. The molecule has 5 N–H and O–H groups in total. The van der Waals surface area contributed by atoms with E-state index < -0.39 is 5.97 Å². The summed E-state index contributed by atoms with van der Waals surface area (Å²) in [6, 6.07) is 1.58. The van der Waals surface area contributed by atoms with Crippen molar-refractivity contribution in [1.82, 2.24) is 0 Å². The molecule has 0 fully saturated rings. The maximum absolute atomic E-state index is 9.40. The Morgan fingerprint density at radius 1 is 1.00 bits per heavy atom. The lowest BCUT2D eigenvalue weighted by Crippen LogP contribution is -2.27. The highest BCUT2D eigenvalue weighted by Crippen LogP contribution is 2.31. The second-order valence-corrected chi connectivity index (χ2v) is 4.15. The monoisotopic (exact) mass is 239 g/mol. The summed E-state index contributed by atoms with van der Waals surface area (Å²) >= 11 is 0. The van der Waals surface area contributed by atoms with Crippen LogP contribution in [0.15, 0.2) is 6.07 Å². The molecule has 0 saturated carbocycles. The second kappa shape index (κ2) is 5.04. The molecule has 0 spiro atoms. The van der Waals surface area contributed by atoms with Gasteiger partial charge in [0.25, 0.3) is 0 Å². The third kappa shape index (κ3) is 2.60. The van der Waals surface area contributed by atoms with Crippen molar-refractivity contribution in [1.29, 1.82) is 0 Å². The highest BCUT2D eigenvalue weighted by atomic mass is 16.7. The molecule has 0 saturated heterocycles. The molecule has 0 aliphatic carbocycles. The molecular weight excluding hydrogens is 218 g/mol. The molecule has 1 rings (SSSR count). The van der Waals surface area contributed by atoms with E-state index in [1.54, 1.807) is 6.07 Å². The van der Waals surface area contributed by atoms with Crippen LogP contribution >= 0.6 is 0 Å². The largest absolute Gasteiger partial charge is 0.398 e. The number of nitrogens with two attached hydrogens (primary N) is 1. The number of aryl methyl sites for hydroxylation is 1. The lowest BCUT2D eigenvalue weighted by atomic mass is 9.90. The van der Waals surface area contributed by atoms with E-state index >= 15 is 0 Å². The average molecular weight is 239 g/mol. The van der Waals surface area contributed by atoms with Crippen molar-refractivity contribution >= 4 is 5.69 Å². The van der Waals surface area contributed by atoms with Crippen LogP contribution in [-0.4, -0.2) is 15.3 Å². The molecule has 0 aliphatic heterocycles. The summed E-state index contributed by atoms with van der Waals surface area (Å²) in [5.74, 6) is -2.80. The van der Waals surface area contributed by atoms with Gasteiger partial charge in [-0.3, -0.25) is 0 Å². The van der Waals surface area contributed by atoms with Gasteiger partial charge in [0.15, 0.2) is 0 Å². The molecule has 1 aromatic rings. The van der Waals surface area contributed by atoms with Crippen LogP contribution in [-0.2, 0) is 25.2 Å². The fourth-order valence-corrected chi connectivity index (χ4v) is 2.26. The first kappa shape index (κ1) is 14.0. The van der Waals surface area contributed by atoms with Gasteiger partial charge in [-0.25, -0.2) is 0 Å². The van der Waals surface area contributed by atoms with Gasteiger partial charge in [0, 0.05) is 11.3 Å². The van der Waals surface area contributed by atoms with Crippen LogP contribution in [0.5, 0.6) is 0 Å². The van der Waals surface area contributed by atoms with E-state index in [0.717, 1.165) is 16.7 Å².